The fourth-order valence-corrected chi connectivity index (χ4v) is 2.66. The summed E-state index contributed by atoms with van der Waals surface area (Å²) in [7, 11) is 1.83. The second-order valence-electron chi connectivity index (χ2n) is 3.24. The normalized spacial score (nSPS) is 10.7. The summed E-state index contributed by atoms with van der Waals surface area (Å²) in [6.07, 6.45) is 0. The summed E-state index contributed by atoms with van der Waals surface area (Å²) in [5, 5.41) is 4.06. The lowest BCUT2D eigenvalue weighted by Gasteiger charge is -1.96. The molecule has 5 heteroatoms. The van der Waals surface area contributed by atoms with Gasteiger partial charge >= 0.3 is 0 Å². The summed E-state index contributed by atoms with van der Waals surface area (Å²) in [5.41, 5.74) is 0.497. The zero-order valence-corrected chi connectivity index (χ0v) is 10.2. The quantitative estimate of drug-likeness (QED) is 0.911. The van der Waals surface area contributed by atoms with E-state index in [0.29, 0.717) is 22.3 Å². The summed E-state index contributed by atoms with van der Waals surface area (Å²) in [5.74, 6) is -0.274. The van der Waals surface area contributed by atoms with Crippen molar-refractivity contribution in [2.24, 2.45) is 0 Å². The molecule has 0 bridgehead atoms. The van der Waals surface area contributed by atoms with Crippen molar-refractivity contribution in [2.75, 3.05) is 7.05 Å². The maximum Gasteiger partial charge on any atom is 0.145 e. The SMILES string of the molecule is CNCc1sc(-c2ccccc2F)nc1Cl. The van der Waals surface area contributed by atoms with E-state index in [1.165, 1.54) is 17.4 Å². The van der Waals surface area contributed by atoms with Crippen molar-refractivity contribution < 1.29 is 4.39 Å². The van der Waals surface area contributed by atoms with Crippen LogP contribution < -0.4 is 5.32 Å². The second kappa shape index (κ2) is 4.91. The van der Waals surface area contributed by atoms with Crippen LogP contribution in [0.15, 0.2) is 24.3 Å². The molecule has 0 radical (unpaired) electrons. The van der Waals surface area contributed by atoms with Gasteiger partial charge in [-0.3, -0.25) is 0 Å². The average Bonchev–Trinajstić information content (AvgIpc) is 2.61. The van der Waals surface area contributed by atoms with E-state index in [0.717, 1.165) is 4.88 Å². The Morgan fingerprint density at radius 3 is 2.88 bits per heavy atom. The van der Waals surface area contributed by atoms with Crippen LogP contribution in [-0.2, 0) is 6.54 Å². The lowest BCUT2D eigenvalue weighted by molar-refractivity contribution is 0.631. The smallest absolute Gasteiger partial charge is 0.145 e. The highest BCUT2D eigenvalue weighted by Gasteiger charge is 2.12. The van der Waals surface area contributed by atoms with Crippen LogP contribution in [0.1, 0.15) is 4.88 Å². The third kappa shape index (κ3) is 2.24. The van der Waals surface area contributed by atoms with Gasteiger partial charge in [0.15, 0.2) is 0 Å². The van der Waals surface area contributed by atoms with Gasteiger partial charge in [-0.05, 0) is 19.2 Å². The third-order valence-electron chi connectivity index (χ3n) is 2.09. The number of rotatable bonds is 3. The molecular formula is C11H10ClFN2S. The Bertz CT molecular complexity index is 498. The van der Waals surface area contributed by atoms with Gasteiger partial charge in [0.25, 0.3) is 0 Å². The summed E-state index contributed by atoms with van der Waals surface area (Å²) in [6.45, 7) is 0.644. The number of hydrogen-bond acceptors (Lipinski definition) is 3. The van der Waals surface area contributed by atoms with E-state index >= 15 is 0 Å². The fourth-order valence-electron chi connectivity index (χ4n) is 1.35. The topological polar surface area (TPSA) is 24.9 Å². The highest BCUT2D eigenvalue weighted by Crippen LogP contribution is 2.31. The monoisotopic (exact) mass is 256 g/mol. The summed E-state index contributed by atoms with van der Waals surface area (Å²) < 4.78 is 13.5. The largest absolute Gasteiger partial charge is 0.315 e. The number of aromatic nitrogens is 1. The highest BCUT2D eigenvalue weighted by atomic mass is 35.5. The van der Waals surface area contributed by atoms with Gasteiger partial charge in [0, 0.05) is 12.1 Å². The molecule has 0 spiro atoms. The second-order valence-corrected chi connectivity index (χ2v) is 4.68. The molecule has 0 aliphatic rings. The number of nitrogens with one attached hydrogen (secondary N) is 1. The first-order valence-corrected chi connectivity index (χ1v) is 5.96. The minimum absolute atomic E-state index is 0.274. The summed E-state index contributed by atoms with van der Waals surface area (Å²) in [6, 6.07) is 6.56. The molecule has 1 aromatic heterocycles. The molecule has 2 aromatic rings. The maximum atomic E-state index is 13.5. The minimum Gasteiger partial charge on any atom is -0.315 e. The molecule has 16 heavy (non-hydrogen) atoms. The van der Waals surface area contributed by atoms with E-state index in [9.17, 15) is 4.39 Å². The molecule has 0 unspecified atom stereocenters. The van der Waals surface area contributed by atoms with E-state index in [1.54, 1.807) is 18.2 Å². The molecule has 1 aromatic carbocycles. The molecule has 0 saturated carbocycles. The van der Waals surface area contributed by atoms with Gasteiger partial charge in [-0.25, -0.2) is 9.37 Å². The highest BCUT2D eigenvalue weighted by molar-refractivity contribution is 7.15. The zero-order valence-electron chi connectivity index (χ0n) is 8.63. The Morgan fingerprint density at radius 1 is 1.44 bits per heavy atom. The third-order valence-corrected chi connectivity index (χ3v) is 3.60. The maximum absolute atomic E-state index is 13.5. The first-order valence-electron chi connectivity index (χ1n) is 4.77. The average molecular weight is 257 g/mol. The van der Waals surface area contributed by atoms with E-state index < -0.39 is 0 Å². The number of thiazole rings is 1. The molecule has 2 rings (SSSR count). The van der Waals surface area contributed by atoms with Gasteiger partial charge in [-0.15, -0.1) is 11.3 Å². The van der Waals surface area contributed by atoms with Crippen LogP contribution in [0.3, 0.4) is 0 Å². The van der Waals surface area contributed by atoms with Crippen LogP contribution in [-0.4, -0.2) is 12.0 Å². The molecule has 0 aliphatic heterocycles. The molecular weight excluding hydrogens is 247 g/mol. The lowest BCUT2D eigenvalue weighted by Crippen LogP contribution is -2.03. The van der Waals surface area contributed by atoms with Crippen LogP contribution >= 0.6 is 22.9 Å². The van der Waals surface area contributed by atoms with Crippen molar-refractivity contribution in [1.29, 1.82) is 0 Å². The standard InChI is InChI=1S/C11H10ClFN2S/c1-14-6-9-10(12)15-11(16-9)7-4-2-3-5-8(7)13/h2-5,14H,6H2,1H3. The van der Waals surface area contributed by atoms with Gasteiger partial charge in [-0.2, -0.15) is 0 Å². The Labute approximate surface area is 102 Å². The number of benzene rings is 1. The predicted molar refractivity (Wildman–Crippen MR) is 65.3 cm³/mol. The van der Waals surface area contributed by atoms with Crippen LogP contribution in [0.5, 0.6) is 0 Å². The molecule has 0 aliphatic carbocycles. The molecule has 84 valence electrons. The van der Waals surface area contributed by atoms with Crippen LogP contribution in [0.2, 0.25) is 5.15 Å². The summed E-state index contributed by atoms with van der Waals surface area (Å²) in [4.78, 5) is 5.08. The van der Waals surface area contributed by atoms with Crippen LogP contribution in [0.4, 0.5) is 4.39 Å². The summed E-state index contributed by atoms with van der Waals surface area (Å²) >= 11 is 7.37. The van der Waals surface area contributed by atoms with Gasteiger partial charge in [0.1, 0.15) is 16.0 Å². The van der Waals surface area contributed by atoms with E-state index in [1.807, 2.05) is 7.05 Å². The lowest BCUT2D eigenvalue weighted by atomic mass is 10.2. The van der Waals surface area contributed by atoms with Crippen LogP contribution in [0.25, 0.3) is 10.6 Å². The van der Waals surface area contributed by atoms with Crippen molar-refractivity contribution in [2.45, 2.75) is 6.54 Å². The van der Waals surface area contributed by atoms with Crippen LogP contribution in [0, 0.1) is 5.82 Å². The van der Waals surface area contributed by atoms with E-state index in [4.69, 9.17) is 11.6 Å². The molecule has 0 saturated heterocycles. The first-order chi connectivity index (χ1) is 7.72. The molecule has 0 atom stereocenters. The Kier molecular flexibility index (Phi) is 3.53. The Hall–Kier alpha value is -0.970. The van der Waals surface area contributed by atoms with E-state index in [-0.39, 0.29) is 5.82 Å². The molecule has 2 nitrogen and oxygen atoms in total. The number of nitrogens with zero attached hydrogens (tertiary/aromatic N) is 1. The van der Waals surface area contributed by atoms with Gasteiger partial charge < -0.3 is 5.32 Å². The Balaban J connectivity index is 2.42. The van der Waals surface area contributed by atoms with Gasteiger partial charge in [0.05, 0.1) is 4.88 Å². The molecule has 1 N–H and O–H groups in total. The van der Waals surface area contributed by atoms with E-state index in [2.05, 4.69) is 10.3 Å². The minimum atomic E-state index is -0.274. The predicted octanol–water partition coefficient (Wildman–Crippen LogP) is 3.32. The van der Waals surface area contributed by atoms with Crippen molar-refractivity contribution in [3.8, 4) is 10.6 Å². The fraction of sp³-hybridized carbons (Fsp3) is 0.182. The van der Waals surface area contributed by atoms with Gasteiger partial charge in [0.2, 0.25) is 0 Å². The molecule has 1 heterocycles. The molecule has 0 fully saturated rings. The van der Waals surface area contributed by atoms with Crippen molar-refractivity contribution in [1.82, 2.24) is 10.3 Å². The number of halogens is 2. The van der Waals surface area contributed by atoms with Crippen molar-refractivity contribution >= 4 is 22.9 Å². The van der Waals surface area contributed by atoms with Gasteiger partial charge in [-0.1, -0.05) is 23.7 Å². The molecule has 0 amide bonds. The van der Waals surface area contributed by atoms with Crippen molar-refractivity contribution in [3.63, 3.8) is 0 Å². The Morgan fingerprint density at radius 2 is 2.19 bits per heavy atom. The first kappa shape index (κ1) is 11.5. The number of hydrogen-bond donors (Lipinski definition) is 1. The van der Waals surface area contributed by atoms with Crippen molar-refractivity contribution in [3.05, 3.63) is 40.1 Å². The zero-order chi connectivity index (χ0) is 11.5.